The molecule has 0 aliphatic carbocycles. The molecule has 0 unspecified atom stereocenters. The molecule has 0 spiro atoms. The zero-order valence-electron chi connectivity index (χ0n) is 10.5. The molecule has 19 heavy (non-hydrogen) atoms. The first kappa shape index (κ1) is 13.5. The van der Waals surface area contributed by atoms with Crippen LogP contribution in [-0.4, -0.2) is 15.7 Å². The maximum atomic E-state index is 12.0. The number of nitrogens with zero attached hydrogens (tertiary/aromatic N) is 2. The zero-order chi connectivity index (χ0) is 14.0. The molecule has 0 saturated carbocycles. The topological polar surface area (TPSA) is 64.0 Å². The molecule has 1 aromatic heterocycles. The lowest BCUT2D eigenvalue weighted by molar-refractivity contribution is 0.102. The molecule has 1 heterocycles. The first-order valence-electron chi connectivity index (χ1n) is 5.59. The van der Waals surface area contributed by atoms with E-state index in [2.05, 4.69) is 26.3 Å². The Hall–Kier alpha value is -1.95. The number of hydrogen-bond acceptors (Lipinski definition) is 3. The highest BCUT2D eigenvalue weighted by Crippen LogP contribution is 2.20. The van der Waals surface area contributed by atoms with E-state index in [9.17, 15) is 9.59 Å². The van der Waals surface area contributed by atoms with Crippen LogP contribution in [-0.2, 0) is 7.05 Å². The highest BCUT2D eigenvalue weighted by atomic mass is 79.9. The van der Waals surface area contributed by atoms with E-state index in [1.54, 1.807) is 6.07 Å². The van der Waals surface area contributed by atoms with Crippen LogP contribution in [0.3, 0.4) is 0 Å². The van der Waals surface area contributed by atoms with Crippen molar-refractivity contribution in [2.45, 2.75) is 6.92 Å². The van der Waals surface area contributed by atoms with Crippen LogP contribution in [0.15, 0.2) is 39.6 Å². The van der Waals surface area contributed by atoms with Crippen molar-refractivity contribution in [2.24, 2.45) is 7.05 Å². The molecule has 0 atom stereocenters. The normalized spacial score (nSPS) is 10.3. The van der Waals surface area contributed by atoms with E-state index >= 15 is 0 Å². The van der Waals surface area contributed by atoms with Crippen molar-refractivity contribution in [1.29, 1.82) is 0 Å². The third-order valence-corrected chi connectivity index (χ3v) is 3.48. The van der Waals surface area contributed by atoms with Gasteiger partial charge in [-0.3, -0.25) is 9.59 Å². The molecule has 0 aliphatic rings. The van der Waals surface area contributed by atoms with Crippen molar-refractivity contribution >= 4 is 27.5 Å². The summed E-state index contributed by atoms with van der Waals surface area (Å²) >= 11 is 3.40. The lowest BCUT2D eigenvalue weighted by atomic mass is 10.2. The molecule has 0 aliphatic heterocycles. The molecule has 0 bridgehead atoms. The second kappa shape index (κ2) is 5.36. The summed E-state index contributed by atoms with van der Waals surface area (Å²) in [7, 11) is 1.50. The highest BCUT2D eigenvalue weighted by molar-refractivity contribution is 9.10. The van der Waals surface area contributed by atoms with Gasteiger partial charge in [0.2, 0.25) is 0 Å². The smallest absolute Gasteiger partial charge is 0.276 e. The van der Waals surface area contributed by atoms with Crippen molar-refractivity contribution in [3.05, 3.63) is 56.4 Å². The van der Waals surface area contributed by atoms with Crippen molar-refractivity contribution in [1.82, 2.24) is 9.78 Å². The van der Waals surface area contributed by atoms with E-state index in [0.29, 0.717) is 5.69 Å². The van der Waals surface area contributed by atoms with Gasteiger partial charge in [-0.25, -0.2) is 4.68 Å². The first-order valence-corrected chi connectivity index (χ1v) is 6.38. The largest absolute Gasteiger partial charge is 0.321 e. The minimum atomic E-state index is -0.355. The number of nitrogens with one attached hydrogen (secondary N) is 1. The van der Waals surface area contributed by atoms with Gasteiger partial charge in [0.25, 0.3) is 11.5 Å². The van der Waals surface area contributed by atoms with E-state index in [0.717, 1.165) is 14.7 Å². The number of anilines is 1. The van der Waals surface area contributed by atoms with Crippen LogP contribution in [0.1, 0.15) is 16.1 Å². The van der Waals surface area contributed by atoms with Gasteiger partial charge in [-0.2, -0.15) is 5.10 Å². The summed E-state index contributed by atoms with van der Waals surface area (Å²) in [5.41, 5.74) is 1.68. The monoisotopic (exact) mass is 321 g/mol. The number of aromatic nitrogens is 2. The van der Waals surface area contributed by atoms with Crippen LogP contribution in [0.4, 0.5) is 5.69 Å². The number of carbonyl (C=O) groups is 1. The number of carbonyl (C=O) groups excluding carboxylic acids is 1. The van der Waals surface area contributed by atoms with Gasteiger partial charge in [0, 0.05) is 23.3 Å². The fourth-order valence-corrected chi connectivity index (χ4v) is 1.87. The number of amides is 1. The number of halogens is 1. The molecule has 2 aromatic rings. The third kappa shape index (κ3) is 3.08. The maximum Gasteiger partial charge on any atom is 0.276 e. The summed E-state index contributed by atoms with van der Waals surface area (Å²) in [5, 5.41) is 6.62. The number of hydrogen-bond donors (Lipinski definition) is 1. The first-order chi connectivity index (χ1) is 8.97. The Morgan fingerprint density at radius 1 is 1.32 bits per heavy atom. The van der Waals surface area contributed by atoms with E-state index in [4.69, 9.17) is 0 Å². The van der Waals surface area contributed by atoms with Gasteiger partial charge in [-0.05, 0) is 30.7 Å². The zero-order valence-corrected chi connectivity index (χ0v) is 12.1. The fraction of sp³-hybridized carbons (Fsp3) is 0.154. The van der Waals surface area contributed by atoms with Crippen LogP contribution in [0.25, 0.3) is 0 Å². The van der Waals surface area contributed by atoms with E-state index in [1.165, 1.54) is 19.2 Å². The molecular weight excluding hydrogens is 310 g/mol. The number of benzene rings is 1. The Kier molecular flexibility index (Phi) is 3.80. The summed E-state index contributed by atoms with van der Waals surface area (Å²) in [4.78, 5) is 23.2. The van der Waals surface area contributed by atoms with Crippen LogP contribution in [0, 0.1) is 6.92 Å². The van der Waals surface area contributed by atoms with Gasteiger partial charge in [-0.15, -0.1) is 0 Å². The fourth-order valence-electron chi connectivity index (χ4n) is 1.49. The molecule has 1 N–H and O–H groups in total. The predicted molar refractivity (Wildman–Crippen MR) is 76.3 cm³/mol. The summed E-state index contributed by atoms with van der Waals surface area (Å²) in [6, 6.07) is 8.23. The highest BCUT2D eigenvalue weighted by Gasteiger charge is 2.09. The predicted octanol–water partition coefficient (Wildman–Crippen LogP) is 2.10. The quantitative estimate of drug-likeness (QED) is 0.921. The van der Waals surface area contributed by atoms with Crippen molar-refractivity contribution < 1.29 is 4.79 Å². The molecule has 1 aromatic carbocycles. The molecule has 6 heteroatoms. The van der Waals surface area contributed by atoms with Gasteiger partial charge in [0.15, 0.2) is 0 Å². The van der Waals surface area contributed by atoms with Crippen molar-refractivity contribution in [3.8, 4) is 0 Å². The summed E-state index contributed by atoms with van der Waals surface area (Å²) in [6.45, 7) is 1.96. The second-order valence-corrected chi connectivity index (χ2v) is 4.95. The number of aryl methyl sites for hydroxylation is 2. The van der Waals surface area contributed by atoms with Gasteiger partial charge in [-0.1, -0.05) is 22.0 Å². The van der Waals surface area contributed by atoms with Crippen LogP contribution < -0.4 is 10.9 Å². The van der Waals surface area contributed by atoms with E-state index in [1.807, 2.05) is 19.1 Å². The lowest BCUT2D eigenvalue weighted by Gasteiger charge is -2.07. The minimum absolute atomic E-state index is 0.193. The Morgan fingerprint density at radius 3 is 2.68 bits per heavy atom. The summed E-state index contributed by atoms with van der Waals surface area (Å²) in [5.74, 6) is -0.355. The Labute approximate surface area is 118 Å². The standard InChI is InChI=1S/C13H12BrN3O2/c1-8-3-4-9(7-10(8)14)15-13(19)11-5-6-12(18)17(2)16-11/h3-7H,1-2H3,(H,15,19). The lowest BCUT2D eigenvalue weighted by Crippen LogP contribution is -2.23. The second-order valence-electron chi connectivity index (χ2n) is 4.10. The molecule has 0 radical (unpaired) electrons. The van der Waals surface area contributed by atoms with Crippen LogP contribution in [0.2, 0.25) is 0 Å². The molecule has 0 fully saturated rings. The Balaban J connectivity index is 2.22. The number of rotatable bonds is 2. The van der Waals surface area contributed by atoms with E-state index < -0.39 is 0 Å². The average Bonchev–Trinajstić information content (AvgIpc) is 2.37. The molecule has 5 nitrogen and oxygen atoms in total. The van der Waals surface area contributed by atoms with Gasteiger partial charge in [0.1, 0.15) is 5.69 Å². The summed E-state index contributed by atoms with van der Waals surface area (Å²) in [6.07, 6.45) is 0. The van der Waals surface area contributed by atoms with Crippen LogP contribution >= 0.6 is 15.9 Å². The SMILES string of the molecule is Cc1ccc(NC(=O)c2ccc(=O)n(C)n2)cc1Br. The maximum absolute atomic E-state index is 12.0. The van der Waals surface area contributed by atoms with Crippen LogP contribution in [0.5, 0.6) is 0 Å². The molecular formula is C13H12BrN3O2. The third-order valence-electron chi connectivity index (χ3n) is 2.62. The Bertz CT molecular complexity index is 695. The Morgan fingerprint density at radius 2 is 2.05 bits per heavy atom. The van der Waals surface area contributed by atoms with Gasteiger partial charge in [0.05, 0.1) is 0 Å². The van der Waals surface area contributed by atoms with Gasteiger partial charge >= 0.3 is 0 Å². The molecule has 1 amide bonds. The molecule has 0 saturated heterocycles. The van der Waals surface area contributed by atoms with Gasteiger partial charge < -0.3 is 5.32 Å². The average molecular weight is 322 g/mol. The summed E-state index contributed by atoms with van der Waals surface area (Å²) < 4.78 is 2.04. The van der Waals surface area contributed by atoms with Crippen molar-refractivity contribution in [2.75, 3.05) is 5.32 Å². The molecule has 2 rings (SSSR count). The minimum Gasteiger partial charge on any atom is -0.321 e. The van der Waals surface area contributed by atoms with E-state index in [-0.39, 0.29) is 17.2 Å². The van der Waals surface area contributed by atoms with Crippen molar-refractivity contribution in [3.63, 3.8) is 0 Å². The molecule has 98 valence electrons.